The molecule has 0 saturated heterocycles. The van der Waals surface area contributed by atoms with E-state index >= 15 is 0 Å². The molecule has 1 aromatic rings. The fourth-order valence-corrected chi connectivity index (χ4v) is 3.08. The Balaban J connectivity index is 2.23. The maximum Gasteiger partial charge on any atom is 0.128 e. The Labute approximate surface area is 118 Å². The third kappa shape index (κ3) is 2.54. The van der Waals surface area contributed by atoms with E-state index in [2.05, 4.69) is 41.2 Å². The molecular formula is C15H19BrN2. The van der Waals surface area contributed by atoms with Crippen LogP contribution in [0.3, 0.4) is 0 Å². The molecule has 1 fully saturated rings. The van der Waals surface area contributed by atoms with E-state index < -0.39 is 5.54 Å². The first-order chi connectivity index (χ1) is 8.57. The van der Waals surface area contributed by atoms with E-state index in [1.165, 1.54) is 6.42 Å². The molecule has 0 aromatic heterocycles. The second kappa shape index (κ2) is 5.32. The third-order valence-electron chi connectivity index (χ3n) is 4.27. The van der Waals surface area contributed by atoms with Gasteiger partial charge in [-0.25, -0.2) is 0 Å². The normalized spacial score (nSPS) is 31.7. The molecule has 0 bridgehead atoms. The van der Waals surface area contributed by atoms with Crippen molar-refractivity contribution in [3.05, 3.63) is 28.7 Å². The summed E-state index contributed by atoms with van der Waals surface area (Å²) in [5.41, 5.74) is 0.617. The monoisotopic (exact) mass is 306 g/mol. The molecule has 0 heterocycles. The van der Waals surface area contributed by atoms with Crippen LogP contribution in [-0.4, -0.2) is 5.54 Å². The van der Waals surface area contributed by atoms with Crippen LogP contribution >= 0.6 is 15.9 Å². The molecule has 1 aliphatic rings. The smallest absolute Gasteiger partial charge is 0.128 e. The van der Waals surface area contributed by atoms with Crippen LogP contribution in [0, 0.1) is 23.2 Å². The van der Waals surface area contributed by atoms with Crippen molar-refractivity contribution in [2.24, 2.45) is 11.8 Å². The van der Waals surface area contributed by atoms with Crippen molar-refractivity contribution < 1.29 is 0 Å². The number of hydrogen-bond donors (Lipinski definition) is 1. The first-order valence-electron chi connectivity index (χ1n) is 6.52. The molecule has 3 unspecified atom stereocenters. The van der Waals surface area contributed by atoms with Gasteiger partial charge in [-0.2, -0.15) is 5.26 Å². The Morgan fingerprint density at radius 2 is 2.00 bits per heavy atom. The number of halogens is 1. The van der Waals surface area contributed by atoms with E-state index in [-0.39, 0.29) is 0 Å². The maximum atomic E-state index is 9.62. The van der Waals surface area contributed by atoms with Crippen LogP contribution in [0.1, 0.15) is 33.1 Å². The first kappa shape index (κ1) is 13.4. The number of nitriles is 1. The van der Waals surface area contributed by atoms with Gasteiger partial charge in [-0.15, -0.1) is 0 Å². The van der Waals surface area contributed by atoms with E-state index in [1.807, 2.05) is 24.3 Å². The summed E-state index contributed by atoms with van der Waals surface area (Å²) in [6.07, 6.45) is 3.29. The van der Waals surface area contributed by atoms with E-state index in [1.54, 1.807) is 0 Å². The number of hydrogen-bond acceptors (Lipinski definition) is 2. The molecule has 0 aliphatic heterocycles. The average Bonchev–Trinajstić information content (AvgIpc) is 2.38. The summed E-state index contributed by atoms with van der Waals surface area (Å²) < 4.78 is 1.06. The summed E-state index contributed by atoms with van der Waals surface area (Å²) in [4.78, 5) is 0. The molecule has 96 valence electrons. The highest BCUT2D eigenvalue weighted by atomic mass is 79.9. The van der Waals surface area contributed by atoms with Gasteiger partial charge >= 0.3 is 0 Å². The quantitative estimate of drug-likeness (QED) is 0.868. The van der Waals surface area contributed by atoms with Gasteiger partial charge < -0.3 is 5.32 Å². The molecule has 18 heavy (non-hydrogen) atoms. The van der Waals surface area contributed by atoms with E-state index in [0.717, 1.165) is 23.0 Å². The highest BCUT2D eigenvalue weighted by Gasteiger charge is 2.41. The number of nitrogens with zero attached hydrogens (tertiary/aromatic N) is 1. The van der Waals surface area contributed by atoms with Crippen molar-refractivity contribution in [2.75, 3.05) is 5.32 Å². The van der Waals surface area contributed by atoms with E-state index in [9.17, 15) is 5.26 Å². The summed E-state index contributed by atoms with van der Waals surface area (Å²) in [5, 5.41) is 13.1. The zero-order valence-electron chi connectivity index (χ0n) is 10.9. The maximum absolute atomic E-state index is 9.62. The summed E-state index contributed by atoms with van der Waals surface area (Å²) in [6.45, 7) is 4.44. The SMILES string of the molecule is CC1CCCC(C#N)(Nc2ccc(Br)cc2)C1C. The largest absolute Gasteiger partial charge is 0.367 e. The minimum absolute atomic E-state index is 0.375. The van der Waals surface area contributed by atoms with Gasteiger partial charge in [0.25, 0.3) is 0 Å². The molecule has 2 nitrogen and oxygen atoms in total. The van der Waals surface area contributed by atoms with Gasteiger partial charge in [0, 0.05) is 10.2 Å². The lowest BCUT2D eigenvalue weighted by Gasteiger charge is -2.42. The Morgan fingerprint density at radius 3 is 2.61 bits per heavy atom. The topological polar surface area (TPSA) is 35.8 Å². The predicted molar refractivity (Wildman–Crippen MR) is 78.3 cm³/mol. The zero-order valence-corrected chi connectivity index (χ0v) is 12.5. The molecule has 1 aliphatic carbocycles. The van der Waals surface area contributed by atoms with E-state index in [0.29, 0.717) is 11.8 Å². The van der Waals surface area contributed by atoms with Gasteiger partial charge in [0.15, 0.2) is 0 Å². The fourth-order valence-electron chi connectivity index (χ4n) is 2.82. The average molecular weight is 307 g/mol. The summed E-state index contributed by atoms with van der Waals surface area (Å²) in [6, 6.07) is 10.6. The second-order valence-corrected chi connectivity index (χ2v) is 6.29. The lowest BCUT2D eigenvalue weighted by atomic mass is 9.69. The molecule has 3 atom stereocenters. The van der Waals surface area contributed by atoms with Crippen LogP contribution in [-0.2, 0) is 0 Å². The van der Waals surface area contributed by atoms with Gasteiger partial charge in [0.2, 0.25) is 0 Å². The van der Waals surface area contributed by atoms with Gasteiger partial charge in [-0.3, -0.25) is 0 Å². The van der Waals surface area contributed by atoms with Gasteiger partial charge in [-0.1, -0.05) is 36.2 Å². The minimum atomic E-state index is -0.411. The molecule has 1 N–H and O–H groups in total. The molecule has 1 aromatic carbocycles. The minimum Gasteiger partial charge on any atom is -0.367 e. The Bertz CT molecular complexity index is 449. The van der Waals surface area contributed by atoms with Crippen molar-refractivity contribution >= 4 is 21.6 Å². The highest BCUT2D eigenvalue weighted by molar-refractivity contribution is 9.10. The van der Waals surface area contributed by atoms with Crippen molar-refractivity contribution in [1.29, 1.82) is 5.26 Å². The second-order valence-electron chi connectivity index (χ2n) is 5.37. The van der Waals surface area contributed by atoms with Crippen molar-refractivity contribution in [3.8, 4) is 6.07 Å². The van der Waals surface area contributed by atoms with Crippen LogP contribution in [0.15, 0.2) is 28.7 Å². The third-order valence-corrected chi connectivity index (χ3v) is 4.80. The highest BCUT2D eigenvalue weighted by Crippen LogP contribution is 2.39. The molecule has 1 saturated carbocycles. The zero-order chi connectivity index (χ0) is 13.2. The lowest BCUT2D eigenvalue weighted by Crippen LogP contribution is -2.48. The van der Waals surface area contributed by atoms with Crippen molar-refractivity contribution in [3.63, 3.8) is 0 Å². The Morgan fingerprint density at radius 1 is 1.33 bits per heavy atom. The predicted octanol–water partition coefficient (Wildman–Crippen LogP) is 4.58. The van der Waals surface area contributed by atoms with Crippen molar-refractivity contribution in [1.82, 2.24) is 0 Å². The summed E-state index contributed by atoms with van der Waals surface area (Å²) in [7, 11) is 0. The number of anilines is 1. The van der Waals surface area contributed by atoms with Crippen LogP contribution in [0.25, 0.3) is 0 Å². The van der Waals surface area contributed by atoms with Gasteiger partial charge in [0.05, 0.1) is 6.07 Å². The molecule has 0 spiro atoms. The van der Waals surface area contributed by atoms with Gasteiger partial charge in [0.1, 0.15) is 5.54 Å². The number of nitrogens with one attached hydrogen (secondary N) is 1. The summed E-state index contributed by atoms with van der Waals surface area (Å²) >= 11 is 3.43. The first-order valence-corrected chi connectivity index (χ1v) is 7.32. The molecule has 2 rings (SSSR count). The van der Waals surface area contributed by atoms with E-state index in [4.69, 9.17) is 0 Å². The molecule has 3 heteroatoms. The number of benzene rings is 1. The lowest BCUT2D eigenvalue weighted by molar-refractivity contribution is 0.206. The van der Waals surface area contributed by atoms with Crippen LogP contribution < -0.4 is 5.32 Å². The van der Waals surface area contributed by atoms with Crippen LogP contribution in [0.2, 0.25) is 0 Å². The Hall–Kier alpha value is -1.01. The molecular weight excluding hydrogens is 288 g/mol. The number of rotatable bonds is 2. The molecule has 0 amide bonds. The van der Waals surface area contributed by atoms with Crippen molar-refractivity contribution in [2.45, 2.75) is 38.6 Å². The van der Waals surface area contributed by atoms with Gasteiger partial charge in [-0.05, 0) is 48.9 Å². The fraction of sp³-hybridized carbons (Fsp3) is 0.533. The van der Waals surface area contributed by atoms with Crippen LogP contribution in [0.4, 0.5) is 5.69 Å². The van der Waals surface area contributed by atoms with Crippen LogP contribution in [0.5, 0.6) is 0 Å². The standard InChI is InChI=1S/C15H19BrN2/c1-11-4-3-9-15(10-17,12(11)2)18-14-7-5-13(16)6-8-14/h5-8,11-12,18H,3-4,9H2,1-2H3. The summed E-state index contributed by atoms with van der Waals surface area (Å²) in [5.74, 6) is 0.973. The Kier molecular flexibility index (Phi) is 3.97. The molecule has 0 radical (unpaired) electrons.